The number of hydrogen-bond acceptors (Lipinski definition) is 7. The predicted molar refractivity (Wildman–Crippen MR) is 133 cm³/mol. The second-order valence-corrected chi connectivity index (χ2v) is 9.27. The SMILES string of the molecule is COc1ccc(CN(C(=O)c2cnsn2)[C@@H](C(=O)NC2CCCCC2)c2ccc(F)cc2)cc1OC. The monoisotopic (exact) mass is 512 g/mol. The lowest BCUT2D eigenvalue weighted by atomic mass is 9.94. The molecule has 0 radical (unpaired) electrons. The van der Waals surface area contributed by atoms with Crippen LogP contribution in [0.15, 0.2) is 48.7 Å². The zero-order chi connectivity index (χ0) is 25.5. The van der Waals surface area contributed by atoms with E-state index in [4.69, 9.17) is 9.47 Å². The summed E-state index contributed by atoms with van der Waals surface area (Å²) in [6.07, 6.45) is 6.41. The molecule has 3 aromatic rings. The molecule has 190 valence electrons. The van der Waals surface area contributed by atoms with Crippen molar-refractivity contribution < 1.29 is 23.5 Å². The number of carbonyl (C=O) groups excluding carboxylic acids is 2. The molecule has 1 atom stereocenters. The van der Waals surface area contributed by atoms with E-state index >= 15 is 0 Å². The summed E-state index contributed by atoms with van der Waals surface area (Å²) in [4.78, 5) is 28.9. The van der Waals surface area contributed by atoms with Crippen LogP contribution >= 0.6 is 11.7 Å². The summed E-state index contributed by atoms with van der Waals surface area (Å²) in [5.74, 6) is -0.139. The minimum Gasteiger partial charge on any atom is -0.493 e. The highest BCUT2D eigenvalue weighted by Crippen LogP contribution is 2.31. The Balaban J connectivity index is 1.74. The van der Waals surface area contributed by atoms with Gasteiger partial charge >= 0.3 is 0 Å². The van der Waals surface area contributed by atoms with Gasteiger partial charge in [-0.05, 0) is 48.2 Å². The molecule has 36 heavy (non-hydrogen) atoms. The Kier molecular flexibility index (Phi) is 8.48. The smallest absolute Gasteiger partial charge is 0.276 e. The fourth-order valence-electron chi connectivity index (χ4n) is 4.51. The number of ether oxygens (including phenoxy) is 2. The molecule has 1 aromatic heterocycles. The molecular formula is C26H29FN4O4S. The zero-order valence-electron chi connectivity index (χ0n) is 20.3. The van der Waals surface area contributed by atoms with Crippen molar-refractivity contribution in [2.45, 2.75) is 50.7 Å². The van der Waals surface area contributed by atoms with E-state index in [0.29, 0.717) is 17.1 Å². The molecule has 1 N–H and O–H groups in total. The predicted octanol–water partition coefficient (Wildman–Crippen LogP) is 4.53. The number of hydrogen-bond donors (Lipinski definition) is 1. The summed E-state index contributed by atoms with van der Waals surface area (Å²) < 4.78 is 32.6. The van der Waals surface area contributed by atoms with Gasteiger partial charge in [0.2, 0.25) is 5.91 Å². The second kappa shape index (κ2) is 11.9. The number of aromatic nitrogens is 2. The molecule has 1 fully saturated rings. The number of halogens is 1. The molecule has 2 amide bonds. The van der Waals surface area contributed by atoms with Crippen LogP contribution in [0, 0.1) is 5.82 Å². The van der Waals surface area contributed by atoms with Gasteiger partial charge in [0, 0.05) is 12.6 Å². The van der Waals surface area contributed by atoms with Gasteiger partial charge in [-0.2, -0.15) is 8.75 Å². The van der Waals surface area contributed by atoms with Crippen LogP contribution in [-0.4, -0.2) is 45.7 Å². The third-order valence-corrected chi connectivity index (χ3v) is 6.82. The van der Waals surface area contributed by atoms with Crippen molar-refractivity contribution >= 4 is 23.5 Å². The largest absolute Gasteiger partial charge is 0.493 e. The zero-order valence-corrected chi connectivity index (χ0v) is 21.1. The lowest BCUT2D eigenvalue weighted by Crippen LogP contribution is -2.47. The van der Waals surface area contributed by atoms with Crippen molar-refractivity contribution in [3.8, 4) is 11.5 Å². The molecule has 0 saturated heterocycles. The van der Waals surface area contributed by atoms with E-state index in [1.807, 2.05) is 6.07 Å². The van der Waals surface area contributed by atoms with Crippen LogP contribution in [0.4, 0.5) is 4.39 Å². The Bertz CT molecular complexity index is 1170. The summed E-state index contributed by atoms with van der Waals surface area (Å²) >= 11 is 0.915. The first-order valence-electron chi connectivity index (χ1n) is 11.9. The summed E-state index contributed by atoms with van der Waals surface area (Å²) in [6, 6.07) is 10.0. The third kappa shape index (κ3) is 5.99. The molecule has 0 aliphatic heterocycles. The number of benzene rings is 2. The highest BCUT2D eigenvalue weighted by Gasteiger charge is 2.34. The number of nitrogens with one attached hydrogen (secondary N) is 1. The number of rotatable bonds is 9. The number of amides is 2. The molecule has 8 nitrogen and oxygen atoms in total. The van der Waals surface area contributed by atoms with Crippen molar-refractivity contribution in [1.29, 1.82) is 0 Å². The van der Waals surface area contributed by atoms with E-state index < -0.39 is 17.8 Å². The first kappa shape index (κ1) is 25.6. The van der Waals surface area contributed by atoms with Crippen LogP contribution in [0.3, 0.4) is 0 Å². The van der Waals surface area contributed by atoms with E-state index in [0.717, 1.165) is 49.4 Å². The maximum absolute atomic E-state index is 13.8. The summed E-state index contributed by atoms with van der Waals surface area (Å²) in [7, 11) is 3.08. The van der Waals surface area contributed by atoms with Gasteiger partial charge in [0.1, 0.15) is 11.9 Å². The Morgan fingerprint density at radius 1 is 1.08 bits per heavy atom. The molecule has 1 heterocycles. The third-order valence-electron chi connectivity index (χ3n) is 6.34. The minimum atomic E-state index is -1.00. The van der Waals surface area contributed by atoms with Crippen molar-refractivity contribution in [1.82, 2.24) is 19.0 Å². The first-order chi connectivity index (χ1) is 17.5. The molecule has 1 aliphatic carbocycles. The highest BCUT2D eigenvalue weighted by molar-refractivity contribution is 6.99. The topological polar surface area (TPSA) is 93.7 Å². The quantitative estimate of drug-likeness (QED) is 0.453. The lowest BCUT2D eigenvalue weighted by molar-refractivity contribution is -0.127. The van der Waals surface area contributed by atoms with Crippen molar-refractivity contribution in [3.05, 3.63) is 71.3 Å². The van der Waals surface area contributed by atoms with E-state index in [1.54, 1.807) is 19.2 Å². The molecular weight excluding hydrogens is 483 g/mol. The lowest BCUT2D eigenvalue weighted by Gasteiger charge is -2.33. The van der Waals surface area contributed by atoms with Gasteiger partial charge in [-0.15, -0.1) is 0 Å². The van der Waals surface area contributed by atoms with Gasteiger partial charge in [-0.1, -0.05) is 37.5 Å². The van der Waals surface area contributed by atoms with Crippen LogP contribution in [-0.2, 0) is 11.3 Å². The maximum Gasteiger partial charge on any atom is 0.276 e. The summed E-state index contributed by atoms with van der Waals surface area (Å²) in [6.45, 7) is 0.0802. The van der Waals surface area contributed by atoms with Crippen LogP contribution in [0.1, 0.15) is 59.8 Å². The van der Waals surface area contributed by atoms with Crippen molar-refractivity contribution in [2.75, 3.05) is 14.2 Å². The van der Waals surface area contributed by atoms with E-state index in [-0.39, 0.29) is 24.2 Å². The molecule has 1 aliphatic rings. The second-order valence-electron chi connectivity index (χ2n) is 8.71. The molecule has 0 bridgehead atoms. The maximum atomic E-state index is 13.8. The molecule has 4 rings (SSSR count). The highest BCUT2D eigenvalue weighted by atomic mass is 32.1. The van der Waals surface area contributed by atoms with Gasteiger partial charge in [-0.25, -0.2) is 4.39 Å². The standard InChI is InChI=1S/C26H29FN4O4S/c1-34-22-13-8-17(14-23(22)35-2)16-31(26(33)21-15-28-36-30-21)24(18-9-11-19(27)12-10-18)25(32)29-20-6-4-3-5-7-20/h8-15,20,24H,3-7,16H2,1-2H3,(H,29,32)/t24-/m1/s1. The number of nitrogens with zero attached hydrogens (tertiary/aromatic N) is 3. The van der Waals surface area contributed by atoms with Gasteiger partial charge in [-0.3, -0.25) is 9.59 Å². The minimum absolute atomic E-state index is 0.0353. The summed E-state index contributed by atoms with van der Waals surface area (Å²) in [5, 5.41) is 3.13. The normalized spacial score (nSPS) is 14.6. The first-order valence-corrected chi connectivity index (χ1v) is 12.6. The van der Waals surface area contributed by atoms with Crippen LogP contribution in [0.25, 0.3) is 0 Å². The van der Waals surface area contributed by atoms with Crippen molar-refractivity contribution in [3.63, 3.8) is 0 Å². The van der Waals surface area contributed by atoms with Crippen LogP contribution in [0.2, 0.25) is 0 Å². The van der Waals surface area contributed by atoms with E-state index in [9.17, 15) is 14.0 Å². The Hall–Kier alpha value is -3.53. The van der Waals surface area contributed by atoms with Gasteiger partial charge < -0.3 is 19.7 Å². The van der Waals surface area contributed by atoms with Gasteiger partial charge in [0.25, 0.3) is 5.91 Å². The fraction of sp³-hybridized carbons (Fsp3) is 0.385. The van der Waals surface area contributed by atoms with Crippen LogP contribution in [0.5, 0.6) is 11.5 Å². The van der Waals surface area contributed by atoms with E-state index in [1.165, 1.54) is 42.5 Å². The fourth-order valence-corrected chi connectivity index (χ4v) is 4.91. The molecule has 10 heteroatoms. The molecule has 2 aromatic carbocycles. The molecule has 0 unspecified atom stereocenters. The molecule has 0 spiro atoms. The van der Waals surface area contributed by atoms with Crippen LogP contribution < -0.4 is 14.8 Å². The Labute approximate surface area is 213 Å². The average Bonchev–Trinajstić information content (AvgIpc) is 3.44. The molecule has 1 saturated carbocycles. The average molecular weight is 513 g/mol. The Morgan fingerprint density at radius 3 is 2.44 bits per heavy atom. The number of carbonyl (C=O) groups is 2. The number of methoxy groups -OCH3 is 2. The summed E-state index contributed by atoms with van der Waals surface area (Å²) in [5.41, 5.74) is 1.36. The van der Waals surface area contributed by atoms with Crippen molar-refractivity contribution in [2.24, 2.45) is 0 Å². The van der Waals surface area contributed by atoms with E-state index in [2.05, 4.69) is 14.1 Å². The van der Waals surface area contributed by atoms with Gasteiger partial charge in [0.15, 0.2) is 17.2 Å². The van der Waals surface area contributed by atoms with Gasteiger partial charge in [0.05, 0.1) is 32.1 Å². The Morgan fingerprint density at radius 2 is 1.81 bits per heavy atom.